The number of carbonyl (C=O) groups is 1. The van der Waals surface area contributed by atoms with Crippen LogP contribution < -0.4 is 5.56 Å². The Morgan fingerprint density at radius 2 is 2.19 bits per heavy atom. The number of aromatic nitrogens is 3. The minimum atomic E-state index is -1.32. The zero-order chi connectivity index (χ0) is 15.1. The summed E-state index contributed by atoms with van der Waals surface area (Å²) in [4.78, 5) is 23.5. The molecule has 0 aliphatic carbocycles. The van der Waals surface area contributed by atoms with Crippen LogP contribution in [0.5, 0.6) is 5.75 Å². The molecule has 0 spiro atoms. The van der Waals surface area contributed by atoms with Gasteiger partial charge in [-0.1, -0.05) is 11.3 Å². The number of carboxylic acids is 1. The second-order valence-electron chi connectivity index (χ2n) is 4.27. The lowest BCUT2D eigenvalue weighted by Gasteiger charge is -2.09. The van der Waals surface area contributed by atoms with E-state index in [1.807, 2.05) is 0 Å². The van der Waals surface area contributed by atoms with E-state index in [0.717, 1.165) is 16.3 Å². The van der Waals surface area contributed by atoms with Crippen molar-refractivity contribution in [1.29, 1.82) is 0 Å². The highest BCUT2D eigenvalue weighted by molar-refractivity contribution is 7.17. The van der Waals surface area contributed by atoms with E-state index < -0.39 is 17.3 Å². The quantitative estimate of drug-likeness (QED) is 0.759. The summed E-state index contributed by atoms with van der Waals surface area (Å²) < 4.78 is 1.67. The molecule has 0 aliphatic rings. The van der Waals surface area contributed by atoms with Gasteiger partial charge in [0.15, 0.2) is 5.75 Å². The average Bonchev–Trinajstić information content (AvgIpc) is 3.03. The van der Waals surface area contributed by atoms with E-state index in [2.05, 4.69) is 10.2 Å². The summed E-state index contributed by atoms with van der Waals surface area (Å²) in [7, 11) is 0. The first-order chi connectivity index (χ1) is 9.99. The van der Waals surface area contributed by atoms with Crippen molar-refractivity contribution < 1.29 is 15.0 Å². The Kier molecular flexibility index (Phi) is 3.22. The van der Waals surface area contributed by atoms with Crippen molar-refractivity contribution in [3.05, 3.63) is 37.4 Å². The second-order valence-corrected chi connectivity index (χ2v) is 6.45. The van der Waals surface area contributed by atoms with Crippen molar-refractivity contribution >= 4 is 38.9 Å². The van der Waals surface area contributed by atoms with Gasteiger partial charge in [-0.3, -0.25) is 9.36 Å². The molecule has 108 valence electrons. The lowest BCUT2D eigenvalue weighted by molar-refractivity contribution is 0.0695. The lowest BCUT2D eigenvalue weighted by atomic mass is 10.2. The molecule has 3 heterocycles. The Morgan fingerprint density at radius 1 is 1.43 bits per heavy atom. The highest BCUT2D eigenvalue weighted by Crippen LogP contribution is 2.29. The van der Waals surface area contributed by atoms with E-state index in [4.69, 9.17) is 5.11 Å². The number of aromatic carboxylic acids is 1. The van der Waals surface area contributed by atoms with Crippen molar-refractivity contribution in [2.24, 2.45) is 0 Å². The first kappa shape index (κ1) is 13.7. The summed E-state index contributed by atoms with van der Waals surface area (Å²) in [6.45, 7) is 1.94. The average molecular weight is 323 g/mol. The number of rotatable bonds is 3. The van der Waals surface area contributed by atoms with E-state index in [1.165, 1.54) is 15.9 Å². The van der Waals surface area contributed by atoms with Crippen molar-refractivity contribution in [1.82, 2.24) is 14.8 Å². The number of thiophene rings is 1. The fraction of sp³-hybridized carbons (Fsp3) is 0.167. The maximum atomic E-state index is 12.2. The third-order valence-electron chi connectivity index (χ3n) is 2.92. The molecule has 0 atom stereocenters. The highest BCUT2D eigenvalue weighted by Gasteiger charge is 2.22. The topological polar surface area (TPSA) is 105 Å². The van der Waals surface area contributed by atoms with Crippen molar-refractivity contribution in [2.45, 2.75) is 13.5 Å². The third-order valence-corrected chi connectivity index (χ3v) is 4.67. The van der Waals surface area contributed by atoms with Gasteiger partial charge in [0.1, 0.15) is 15.6 Å². The van der Waals surface area contributed by atoms with Gasteiger partial charge >= 0.3 is 5.97 Å². The van der Waals surface area contributed by atoms with Gasteiger partial charge in [0.05, 0.1) is 16.8 Å². The van der Waals surface area contributed by atoms with E-state index in [9.17, 15) is 14.7 Å². The van der Waals surface area contributed by atoms with Gasteiger partial charge in [-0.2, -0.15) is 0 Å². The van der Waals surface area contributed by atoms with Gasteiger partial charge < -0.3 is 10.2 Å². The fourth-order valence-electron chi connectivity index (χ4n) is 2.05. The molecule has 0 radical (unpaired) electrons. The molecular weight excluding hydrogens is 314 g/mol. The summed E-state index contributed by atoms with van der Waals surface area (Å²) in [6.07, 6.45) is 0. The van der Waals surface area contributed by atoms with Crippen LogP contribution in [-0.4, -0.2) is 30.9 Å². The monoisotopic (exact) mass is 323 g/mol. The van der Waals surface area contributed by atoms with Crippen LogP contribution in [0.15, 0.2) is 16.2 Å². The first-order valence-electron chi connectivity index (χ1n) is 5.84. The third kappa shape index (κ3) is 2.20. The van der Waals surface area contributed by atoms with Crippen LogP contribution in [0.1, 0.15) is 20.4 Å². The Labute approximate surface area is 125 Å². The van der Waals surface area contributed by atoms with Gasteiger partial charge in [0, 0.05) is 0 Å². The molecule has 3 aromatic rings. The highest BCUT2D eigenvalue weighted by atomic mass is 32.1. The summed E-state index contributed by atoms with van der Waals surface area (Å²) in [5.41, 5.74) is -0.631. The SMILES string of the molecule is Cc1nnc(Cn2c(=O)c(O)c(C(=O)O)c3sccc32)s1. The Bertz CT molecular complexity index is 909. The largest absolute Gasteiger partial charge is 0.502 e. The number of pyridine rings is 1. The van der Waals surface area contributed by atoms with E-state index in [-0.39, 0.29) is 12.1 Å². The molecule has 3 rings (SSSR count). The first-order valence-corrected chi connectivity index (χ1v) is 7.54. The standard InChI is InChI=1S/C12H9N3O4S2/c1-5-13-14-7(21-5)4-15-6-2-3-20-10(6)8(12(18)19)9(16)11(15)17/h2-3,16H,4H2,1H3,(H,18,19). The summed E-state index contributed by atoms with van der Waals surface area (Å²) in [5, 5.41) is 30.0. The van der Waals surface area contributed by atoms with Crippen molar-refractivity contribution in [3.8, 4) is 5.75 Å². The zero-order valence-corrected chi connectivity index (χ0v) is 12.4. The molecule has 2 N–H and O–H groups in total. The molecule has 0 bridgehead atoms. The minimum Gasteiger partial charge on any atom is -0.502 e. The number of carboxylic acid groups (broad SMARTS) is 1. The zero-order valence-electron chi connectivity index (χ0n) is 10.7. The van der Waals surface area contributed by atoms with Crippen LogP contribution in [0.3, 0.4) is 0 Å². The maximum Gasteiger partial charge on any atom is 0.341 e. The van der Waals surface area contributed by atoms with E-state index in [1.54, 1.807) is 18.4 Å². The summed E-state index contributed by atoms with van der Waals surface area (Å²) in [5.74, 6) is -2.07. The van der Waals surface area contributed by atoms with Gasteiger partial charge in [0.25, 0.3) is 5.56 Å². The van der Waals surface area contributed by atoms with Gasteiger partial charge in [-0.25, -0.2) is 4.79 Å². The van der Waals surface area contributed by atoms with E-state index in [0.29, 0.717) is 15.2 Å². The Hall–Kier alpha value is -2.26. The van der Waals surface area contributed by atoms with Crippen LogP contribution in [0.25, 0.3) is 10.2 Å². The molecule has 0 saturated carbocycles. The van der Waals surface area contributed by atoms with Crippen LogP contribution in [-0.2, 0) is 6.54 Å². The molecule has 3 aromatic heterocycles. The number of fused-ring (bicyclic) bond motifs is 1. The maximum absolute atomic E-state index is 12.2. The molecule has 0 aromatic carbocycles. The number of nitrogens with zero attached hydrogens (tertiary/aromatic N) is 3. The number of hydrogen-bond donors (Lipinski definition) is 2. The van der Waals surface area contributed by atoms with Gasteiger partial charge in [-0.15, -0.1) is 21.5 Å². The molecule has 7 nitrogen and oxygen atoms in total. The van der Waals surface area contributed by atoms with E-state index >= 15 is 0 Å². The molecule has 0 unspecified atom stereocenters. The lowest BCUT2D eigenvalue weighted by Crippen LogP contribution is -2.22. The summed E-state index contributed by atoms with van der Waals surface area (Å²) >= 11 is 2.50. The fourth-order valence-corrected chi connectivity index (χ4v) is 3.68. The Balaban J connectivity index is 2.26. The van der Waals surface area contributed by atoms with Gasteiger partial charge in [-0.05, 0) is 18.4 Å². The molecular formula is C12H9N3O4S2. The molecule has 0 fully saturated rings. The predicted octanol–water partition coefficient (Wildman–Crippen LogP) is 1.68. The summed E-state index contributed by atoms with van der Waals surface area (Å²) in [6, 6.07) is 1.65. The number of aryl methyl sites for hydroxylation is 1. The van der Waals surface area contributed by atoms with Crippen LogP contribution in [0, 0.1) is 6.92 Å². The predicted molar refractivity (Wildman–Crippen MR) is 78.5 cm³/mol. The molecule has 0 amide bonds. The van der Waals surface area contributed by atoms with Crippen LogP contribution in [0.4, 0.5) is 0 Å². The molecule has 0 saturated heterocycles. The van der Waals surface area contributed by atoms with Crippen LogP contribution in [0.2, 0.25) is 0 Å². The second kappa shape index (κ2) is 4.93. The molecule has 9 heteroatoms. The normalized spacial score (nSPS) is 11.1. The van der Waals surface area contributed by atoms with Crippen LogP contribution >= 0.6 is 22.7 Å². The molecule has 21 heavy (non-hydrogen) atoms. The number of hydrogen-bond acceptors (Lipinski definition) is 7. The van der Waals surface area contributed by atoms with Crippen molar-refractivity contribution in [3.63, 3.8) is 0 Å². The number of aromatic hydroxyl groups is 1. The van der Waals surface area contributed by atoms with Gasteiger partial charge in [0.2, 0.25) is 0 Å². The Morgan fingerprint density at radius 3 is 2.81 bits per heavy atom. The van der Waals surface area contributed by atoms with Crippen molar-refractivity contribution in [2.75, 3.05) is 0 Å². The smallest absolute Gasteiger partial charge is 0.341 e. The minimum absolute atomic E-state index is 0.144. The molecule has 0 aliphatic heterocycles.